The van der Waals surface area contributed by atoms with Crippen LogP contribution >= 0.6 is 11.6 Å². The maximum atomic E-state index is 11.0. The Labute approximate surface area is 112 Å². The predicted molar refractivity (Wildman–Crippen MR) is 64.7 cm³/mol. The third kappa shape index (κ3) is 2.10. The average molecular weight is 274 g/mol. The predicted octanol–water partition coefficient (Wildman–Crippen LogP) is 2.18. The molecule has 0 spiro atoms. The first kappa shape index (κ1) is 12.6. The van der Waals surface area contributed by atoms with Crippen LogP contribution in [0, 0.1) is 32.8 Å². The Morgan fingerprint density at radius 1 is 1.37 bits per heavy atom. The lowest BCUT2D eigenvalue weighted by atomic mass is 10.2. The Kier molecular flexibility index (Phi) is 3.15. The van der Waals surface area contributed by atoms with Gasteiger partial charge in [0.15, 0.2) is 11.4 Å². The second-order valence-corrected chi connectivity index (χ2v) is 3.86. The highest BCUT2D eigenvalue weighted by Crippen LogP contribution is 2.27. The van der Waals surface area contributed by atoms with E-state index in [0.29, 0.717) is 0 Å². The van der Waals surface area contributed by atoms with Crippen LogP contribution in [0.2, 0.25) is 5.02 Å². The second kappa shape index (κ2) is 4.77. The van der Waals surface area contributed by atoms with E-state index in [9.17, 15) is 10.1 Å². The zero-order chi connectivity index (χ0) is 14.0. The van der Waals surface area contributed by atoms with E-state index in [0.717, 1.165) is 0 Å². The lowest BCUT2D eigenvalue weighted by Gasteiger charge is -2.05. The van der Waals surface area contributed by atoms with Gasteiger partial charge < -0.3 is 0 Å². The summed E-state index contributed by atoms with van der Waals surface area (Å²) in [4.78, 5) is 14.1. The first-order valence-electron chi connectivity index (χ1n) is 4.90. The van der Waals surface area contributed by atoms with Gasteiger partial charge in [-0.2, -0.15) is 10.5 Å². The number of hydrogen-bond acceptors (Lipinski definition) is 5. The van der Waals surface area contributed by atoms with Crippen LogP contribution in [0.15, 0.2) is 24.5 Å². The van der Waals surface area contributed by atoms with Gasteiger partial charge in [-0.3, -0.25) is 14.7 Å². The van der Waals surface area contributed by atoms with E-state index in [2.05, 4.69) is 4.98 Å². The molecule has 2 rings (SSSR count). The van der Waals surface area contributed by atoms with Crippen LogP contribution in [0.3, 0.4) is 0 Å². The average Bonchev–Trinajstić information content (AvgIpc) is 2.81. The molecule has 0 aliphatic carbocycles. The van der Waals surface area contributed by atoms with E-state index in [1.807, 2.05) is 0 Å². The molecule has 1 heterocycles. The molecule has 0 saturated heterocycles. The van der Waals surface area contributed by atoms with Gasteiger partial charge in [-0.25, -0.2) is 4.98 Å². The minimum atomic E-state index is -0.617. The number of benzene rings is 1. The van der Waals surface area contributed by atoms with Crippen molar-refractivity contribution in [2.75, 3.05) is 0 Å². The van der Waals surface area contributed by atoms with Gasteiger partial charge >= 0.3 is 0 Å². The fraction of sp³-hybridized carbons (Fsp3) is 0. The number of nitro benzene ring substituents is 1. The number of halogens is 1. The van der Waals surface area contributed by atoms with Crippen molar-refractivity contribution >= 4 is 17.3 Å². The van der Waals surface area contributed by atoms with E-state index in [1.54, 1.807) is 12.1 Å². The Bertz CT molecular complexity index is 753. The zero-order valence-corrected chi connectivity index (χ0v) is 10.00. The molecule has 8 heteroatoms. The number of imidazole rings is 1. The summed E-state index contributed by atoms with van der Waals surface area (Å²) in [6.45, 7) is 0. The molecule has 0 radical (unpaired) electrons. The van der Waals surface area contributed by atoms with E-state index in [4.69, 9.17) is 22.1 Å². The third-order valence-electron chi connectivity index (χ3n) is 2.37. The van der Waals surface area contributed by atoms with E-state index in [-0.39, 0.29) is 27.8 Å². The highest BCUT2D eigenvalue weighted by atomic mass is 35.5. The van der Waals surface area contributed by atoms with Crippen LogP contribution in [-0.2, 0) is 0 Å². The summed E-state index contributed by atoms with van der Waals surface area (Å²) in [6, 6.07) is 7.56. The molecule has 0 aliphatic heterocycles. The topological polar surface area (TPSA) is 109 Å². The standard InChI is InChI=1S/C11H4ClN5O2/c12-7-1-2-9(10(3-7)17(18)19)16-6-15-8(4-13)11(16)5-14/h1-3,6H. The Morgan fingerprint density at radius 2 is 2.11 bits per heavy atom. The molecule has 0 N–H and O–H groups in total. The minimum Gasteiger partial charge on any atom is -0.283 e. The van der Waals surface area contributed by atoms with Crippen LogP contribution in [-0.4, -0.2) is 14.5 Å². The Balaban J connectivity index is 2.74. The van der Waals surface area contributed by atoms with Crippen molar-refractivity contribution in [2.45, 2.75) is 0 Å². The largest absolute Gasteiger partial charge is 0.294 e. The molecule has 0 amide bonds. The molecule has 19 heavy (non-hydrogen) atoms. The van der Waals surface area contributed by atoms with Crippen molar-refractivity contribution in [3.63, 3.8) is 0 Å². The maximum absolute atomic E-state index is 11.0. The lowest BCUT2D eigenvalue weighted by molar-refractivity contribution is -0.384. The fourth-order valence-corrected chi connectivity index (χ4v) is 1.73. The molecule has 92 valence electrons. The molecule has 0 aliphatic rings. The van der Waals surface area contributed by atoms with Gasteiger partial charge in [0, 0.05) is 11.1 Å². The number of nitriles is 2. The summed E-state index contributed by atoms with van der Waals surface area (Å²) < 4.78 is 1.19. The molecule has 2 aromatic rings. The summed E-state index contributed by atoms with van der Waals surface area (Å²) >= 11 is 5.71. The molecule has 1 aromatic carbocycles. The number of nitrogens with zero attached hydrogens (tertiary/aromatic N) is 5. The SMILES string of the molecule is N#Cc1ncn(-c2ccc(Cl)cc2[N+](=O)[O-])c1C#N. The van der Waals surface area contributed by atoms with Gasteiger partial charge in [0.25, 0.3) is 5.69 Å². The third-order valence-corrected chi connectivity index (χ3v) is 2.61. The molecule has 1 aromatic heterocycles. The molecular formula is C11H4ClN5O2. The summed E-state index contributed by atoms with van der Waals surface area (Å²) in [7, 11) is 0. The van der Waals surface area contributed by atoms with Gasteiger partial charge in [0.1, 0.15) is 24.2 Å². The fourth-order valence-electron chi connectivity index (χ4n) is 1.57. The number of rotatable bonds is 2. The molecule has 0 saturated carbocycles. The normalized spacial score (nSPS) is 9.63. The van der Waals surface area contributed by atoms with E-state index in [1.165, 1.54) is 29.1 Å². The van der Waals surface area contributed by atoms with E-state index >= 15 is 0 Å². The van der Waals surface area contributed by atoms with Gasteiger partial charge in [0.2, 0.25) is 0 Å². The Hall–Kier alpha value is -2.90. The number of aromatic nitrogens is 2. The van der Waals surface area contributed by atoms with Gasteiger partial charge in [-0.1, -0.05) is 11.6 Å². The van der Waals surface area contributed by atoms with Crippen molar-refractivity contribution in [2.24, 2.45) is 0 Å². The summed E-state index contributed by atoms with van der Waals surface area (Å²) in [6.07, 6.45) is 1.19. The van der Waals surface area contributed by atoms with Crippen molar-refractivity contribution in [1.29, 1.82) is 10.5 Å². The monoisotopic (exact) mass is 273 g/mol. The molecule has 0 unspecified atom stereocenters. The highest BCUT2D eigenvalue weighted by Gasteiger charge is 2.20. The first-order chi connectivity index (χ1) is 9.08. The van der Waals surface area contributed by atoms with Gasteiger partial charge in [-0.05, 0) is 12.1 Å². The molecule has 0 bridgehead atoms. The smallest absolute Gasteiger partial charge is 0.283 e. The van der Waals surface area contributed by atoms with E-state index < -0.39 is 4.92 Å². The lowest BCUT2D eigenvalue weighted by Crippen LogP contribution is -2.01. The minimum absolute atomic E-state index is 0.0621. The number of nitro groups is 1. The summed E-state index contributed by atoms with van der Waals surface area (Å²) in [5.74, 6) is 0. The summed E-state index contributed by atoms with van der Waals surface area (Å²) in [5.41, 5.74) is -0.300. The quantitative estimate of drug-likeness (QED) is 0.615. The van der Waals surface area contributed by atoms with Crippen molar-refractivity contribution in [3.05, 3.63) is 51.1 Å². The highest BCUT2D eigenvalue weighted by molar-refractivity contribution is 6.30. The molecule has 7 nitrogen and oxygen atoms in total. The van der Waals surface area contributed by atoms with Crippen molar-refractivity contribution < 1.29 is 4.92 Å². The van der Waals surface area contributed by atoms with Crippen LogP contribution < -0.4 is 0 Å². The van der Waals surface area contributed by atoms with Crippen LogP contribution in [0.1, 0.15) is 11.4 Å². The number of hydrogen-bond donors (Lipinski definition) is 0. The summed E-state index contributed by atoms with van der Waals surface area (Å²) in [5, 5.41) is 29.0. The van der Waals surface area contributed by atoms with Crippen LogP contribution in [0.4, 0.5) is 5.69 Å². The zero-order valence-electron chi connectivity index (χ0n) is 9.24. The van der Waals surface area contributed by atoms with Crippen LogP contribution in [0.5, 0.6) is 0 Å². The van der Waals surface area contributed by atoms with Crippen molar-refractivity contribution in [1.82, 2.24) is 9.55 Å². The molecule has 0 atom stereocenters. The molecular weight excluding hydrogens is 270 g/mol. The van der Waals surface area contributed by atoms with Crippen LogP contribution in [0.25, 0.3) is 5.69 Å². The Morgan fingerprint density at radius 3 is 2.68 bits per heavy atom. The van der Waals surface area contributed by atoms with Gasteiger partial charge in [0.05, 0.1) is 4.92 Å². The first-order valence-corrected chi connectivity index (χ1v) is 5.28. The maximum Gasteiger partial charge on any atom is 0.294 e. The second-order valence-electron chi connectivity index (χ2n) is 3.43. The molecule has 0 fully saturated rings. The van der Waals surface area contributed by atoms with Crippen molar-refractivity contribution in [3.8, 4) is 17.8 Å². The van der Waals surface area contributed by atoms with Gasteiger partial charge in [-0.15, -0.1) is 0 Å².